The highest BCUT2D eigenvalue weighted by molar-refractivity contribution is 7.97. The van der Waals surface area contributed by atoms with Gasteiger partial charge >= 0.3 is 0 Å². The number of halogens is 1. The van der Waals surface area contributed by atoms with Crippen molar-refractivity contribution in [3.8, 4) is 0 Å². The number of hydrogen-bond acceptors (Lipinski definition) is 4. The van der Waals surface area contributed by atoms with E-state index in [-0.39, 0.29) is 0 Å². The SMILES string of the molecule is NNc1ccc(Cl)c(CSCc2ccccc2)n1. The van der Waals surface area contributed by atoms with Gasteiger partial charge in [0.05, 0.1) is 10.7 Å². The minimum atomic E-state index is 0.634. The Morgan fingerprint density at radius 3 is 2.61 bits per heavy atom. The Bertz CT molecular complexity index is 505. The maximum Gasteiger partial charge on any atom is 0.140 e. The summed E-state index contributed by atoms with van der Waals surface area (Å²) < 4.78 is 0. The highest BCUT2D eigenvalue weighted by atomic mass is 35.5. The van der Waals surface area contributed by atoms with Gasteiger partial charge in [-0.05, 0) is 17.7 Å². The van der Waals surface area contributed by atoms with E-state index < -0.39 is 0 Å². The van der Waals surface area contributed by atoms with Crippen LogP contribution in [0.2, 0.25) is 5.02 Å². The molecule has 5 heteroatoms. The molecular formula is C13H14ClN3S. The Morgan fingerprint density at radius 1 is 1.11 bits per heavy atom. The van der Waals surface area contributed by atoms with E-state index in [1.807, 2.05) is 24.3 Å². The van der Waals surface area contributed by atoms with E-state index in [9.17, 15) is 0 Å². The lowest BCUT2D eigenvalue weighted by molar-refractivity contribution is 1.14. The molecule has 2 rings (SSSR count). The van der Waals surface area contributed by atoms with Crippen LogP contribution in [0, 0.1) is 0 Å². The second-order valence-electron chi connectivity index (χ2n) is 3.75. The van der Waals surface area contributed by atoms with Crippen molar-refractivity contribution in [3.05, 3.63) is 58.7 Å². The maximum atomic E-state index is 6.09. The zero-order valence-corrected chi connectivity index (χ0v) is 11.3. The zero-order valence-electron chi connectivity index (χ0n) is 9.77. The molecule has 1 aromatic heterocycles. The van der Waals surface area contributed by atoms with Gasteiger partial charge in [-0.25, -0.2) is 10.8 Å². The number of nitrogens with one attached hydrogen (secondary N) is 1. The van der Waals surface area contributed by atoms with Gasteiger partial charge in [-0.3, -0.25) is 0 Å². The third kappa shape index (κ3) is 3.63. The number of pyridine rings is 1. The third-order valence-electron chi connectivity index (χ3n) is 2.42. The minimum absolute atomic E-state index is 0.634. The summed E-state index contributed by atoms with van der Waals surface area (Å²) in [4.78, 5) is 4.33. The highest BCUT2D eigenvalue weighted by Crippen LogP contribution is 2.23. The summed E-state index contributed by atoms with van der Waals surface area (Å²) in [6.45, 7) is 0. The molecule has 0 aliphatic rings. The molecule has 0 saturated heterocycles. The predicted molar refractivity (Wildman–Crippen MR) is 78.5 cm³/mol. The summed E-state index contributed by atoms with van der Waals surface area (Å²) in [6.07, 6.45) is 0. The molecule has 1 aromatic carbocycles. The van der Waals surface area contributed by atoms with E-state index in [1.54, 1.807) is 17.8 Å². The molecule has 94 valence electrons. The van der Waals surface area contributed by atoms with Crippen molar-refractivity contribution in [2.24, 2.45) is 5.84 Å². The molecule has 1 heterocycles. The van der Waals surface area contributed by atoms with Crippen molar-refractivity contribution < 1.29 is 0 Å². The number of hydrazine groups is 1. The van der Waals surface area contributed by atoms with E-state index in [2.05, 4.69) is 22.5 Å². The van der Waals surface area contributed by atoms with Crippen molar-refractivity contribution in [2.75, 3.05) is 5.43 Å². The molecule has 0 radical (unpaired) electrons. The Hall–Kier alpha value is -1.23. The fourth-order valence-corrected chi connectivity index (χ4v) is 2.70. The summed E-state index contributed by atoms with van der Waals surface area (Å²) in [7, 11) is 0. The second kappa shape index (κ2) is 6.64. The molecule has 0 fully saturated rings. The average molecular weight is 280 g/mol. The normalized spacial score (nSPS) is 10.3. The van der Waals surface area contributed by atoms with Crippen molar-refractivity contribution >= 4 is 29.2 Å². The third-order valence-corrected chi connectivity index (χ3v) is 3.78. The quantitative estimate of drug-likeness (QED) is 0.650. The lowest BCUT2D eigenvalue weighted by Crippen LogP contribution is -2.09. The van der Waals surface area contributed by atoms with Crippen LogP contribution in [0.15, 0.2) is 42.5 Å². The van der Waals surface area contributed by atoms with Crippen LogP contribution in [0.25, 0.3) is 0 Å². The fourth-order valence-electron chi connectivity index (χ4n) is 1.51. The molecule has 0 amide bonds. The number of aromatic nitrogens is 1. The Balaban J connectivity index is 1.94. The molecule has 0 aliphatic carbocycles. The molecule has 0 bridgehead atoms. The van der Waals surface area contributed by atoms with Crippen LogP contribution in [-0.2, 0) is 11.5 Å². The smallest absolute Gasteiger partial charge is 0.140 e. The molecule has 2 aromatic rings. The van der Waals surface area contributed by atoms with Crippen LogP contribution in [0.4, 0.5) is 5.82 Å². The lowest BCUT2D eigenvalue weighted by atomic mass is 10.2. The van der Waals surface area contributed by atoms with Gasteiger partial charge in [-0.2, -0.15) is 11.8 Å². The number of benzene rings is 1. The monoisotopic (exact) mass is 279 g/mol. The van der Waals surface area contributed by atoms with Gasteiger partial charge < -0.3 is 5.43 Å². The van der Waals surface area contributed by atoms with E-state index >= 15 is 0 Å². The van der Waals surface area contributed by atoms with Crippen LogP contribution < -0.4 is 11.3 Å². The number of nitrogens with two attached hydrogens (primary N) is 1. The van der Waals surface area contributed by atoms with Crippen molar-refractivity contribution in [2.45, 2.75) is 11.5 Å². The summed E-state index contributed by atoms with van der Waals surface area (Å²) in [5.41, 5.74) is 4.68. The largest absolute Gasteiger partial charge is 0.308 e. The topological polar surface area (TPSA) is 50.9 Å². The highest BCUT2D eigenvalue weighted by Gasteiger charge is 2.04. The summed E-state index contributed by atoms with van der Waals surface area (Å²) in [5, 5.41) is 0.676. The molecule has 3 nitrogen and oxygen atoms in total. The van der Waals surface area contributed by atoms with Crippen molar-refractivity contribution in [1.29, 1.82) is 0 Å². The average Bonchev–Trinajstić information content (AvgIpc) is 2.42. The minimum Gasteiger partial charge on any atom is -0.308 e. The van der Waals surface area contributed by atoms with Crippen LogP contribution in [0.3, 0.4) is 0 Å². The summed E-state index contributed by atoms with van der Waals surface area (Å²) in [5.74, 6) is 7.67. The second-order valence-corrected chi connectivity index (χ2v) is 5.14. The van der Waals surface area contributed by atoms with Gasteiger partial charge in [0.1, 0.15) is 5.82 Å². The number of nitrogen functional groups attached to an aromatic ring is 1. The standard InChI is InChI=1S/C13H14ClN3S/c14-11-6-7-13(17-15)16-12(11)9-18-8-10-4-2-1-3-5-10/h1-7H,8-9,15H2,(H,16,17). The predicted octanol–water partition coefficient (Wildman–Crippen LogP) is 3.45. The van der Waals surface area contributed by atoms with E-state index in [0.29, 0.717) is 10.8 Å². The van der Waals surface area contributed by atoms with Crippen molar-refractivity contribution in [1.82, 2.24) is 4.98 Å². The Kier molecular flexibility index (Phi) is 4.87. The first kappa shape index (κ1) is 13.2. The molecular weight excluding hydrogens is 266 g/mol. The molecule has 18 heavy (non-hydrogen) atoms. The first-order valence-corrected chi connectivity index (χ1v) is 7.06. The van der Waals surface area contributed by atoms with Crippen molar-refractivity contribution in [3.63, 3.8) is 0 Å². The van der Waals surface area contributed by atoms with Crippen LogP contribution in [0.1, 0.15) is 11.3 Å². The molecule has 0 spiro atoms. The first-order chi connectivity index (χ1) is 8.79. The summed E-state index contributed by atoms with van der Waals surface area (Å²) >= 11 is 7.87. The number of hydrogen-bond donors (Lipinski definition) is 2. The number of rotatable bonds is 5. The van der Waals surface area contributed by atoms with Gasteiger partial charge in [0.25, 0.3) is 0 Å². The Labute approximate surface area is 116 Å². The van der Waals surface area contributed by atoms with E-state index in [4.69, 9.17) is 17.4 Å². The van der Waals surface area contributed by atoms with Gasteiger partial charge in [0, 0.05) is 11.5 Å². The van der Waals surface area contributed by atoms with Crippen LogP contribution in [-0.4, -0.2) is 4.98 Å². The number of nitrogens with zero attached hydrogens (tertiary/aromatic N) is 1. The van der Waals surface area contributed by atoms with Crippen LogP contribution in [0.5, 0.6) is 0 Å². The fraction of sp³-hybridized carbons (Fsp3) is 0.154. The molecule has 0 saturated carbocycles. The summed E-state index contributed by atoms with van der Waals surface area (Å²) in [6, 6.07) is 13.9. The maximum absolute atomic E-state index is 6.09. The Morgan fingerprint density at radius 2 is 1.89 bits per heavy atom. The van der Waals surface area contributed by atoms with Gasteiger partial charge in [-0.15, -0.1) is 0 Å². The van der Waals surface area contributed by atoms with Gasteiger partial charge in [0.15, 0.2) is 0 Å². The van der Waals surface area contributed by atoms with E-state index in [0.717, 1.165) is 17.2 Å². The van der Waals surface area contributed by atoms with Gasteiger partial charge in [0.2, 0.25) is 0 Å². The lowest BCUT2D eigenvalue weighted by Gasteiger charge is -2.06. The number of anilines is 1. The molecule has 3 N–H and O–H groups in total. The number of thioether (sulfide) groups is 1. The molecule has 0 unspecified atom stereocenters. The molecule has 0 atom stereocenters. The van der Waals surface area contributed by atoms with Crippen LogP contribution >= 0.6 is 23.4 Å². The first-order valence-electron chi connectivity index (χ1n) is 5.53. The van der Waals surface area contributed by atoms with Gasteiger partial charge in [-0.1, -0.05) is 41.9 Å². The van der Waals surface area contributed by atoms with E-state index in [1.165, 1.54) is 5.56 Å². The molecule has 0 aliphatic heterocycles. The zero-order chi connectivity index (χ0) is 12.8.